The van der Waals surface area contributed by atoms with E-state index in [0.29, 0.717) is 5.92 Å². The van der Waals surface area contributed by atoms with Crippen molar-refractivity contribution >= 4 is 0 Å². The van der Waals surface area contributed by atoms with E-state index in [4.69, 9.17) is 9.47 Å². The van der Waals surface area contributed by atoms with Crippen molar-refractivity contribution in [3.63, 3.8) is 0 Å². The summed E-state index contributed by atoms with van der Waals surface area (Å²) < 4.78 is 11.2. The predicted octanol–water partition coefficient (Wildman–Crippen LogP) is 5.07. The van der Waals surface area contributed by atoms with Gasteiger partial charge in [-0.1, -0.05) is 70.2 Å². The topological polar surface area (TPSA) is 18.5 Å². The number of aryl methyl sites for hydroxylation is 1. The summed E-state index contributed by atoms with van der Waals surface area (Å²) in [4.78, 5) is 0. The fraction of sp³-hybridized carbons (Fsp3) is 0.684. The molecule has 0 amide bonds. The van der Waals surface area contributed by atoms with Crippen LogP contribution < -0.4 is 0 Å². The summed E-state index contributed by atoms with van der Waals surface area (Å²) in [7, 11) is 0. The number of hydrogen-bond donors (Lipinski definition) is 0. The van der Waals surface area contributed by atoms with Crippen molar-refractivity contribution in [3.05, 3.63) is 35.4 Å². The van der Waals surface area contributed by atoms with Crippen LogP contribution in [-0.4, -0.2) is 19.5 Å². The molecule has 0 radical (unpaired) electrons. The normalized spacial score (nSPS) is 17.2. The molecule has 1 heterocycles. The molecule has 0 N–H and O–H groups in total. The lowest BCUT2D eigenvalue weighted by molar-refractivity contribution is -0.0570. The molecule has 1 fully saturated rings. The molecule has 21 heavy (non-hydrogen) atoms. The fourth-order valence-electron chi connectivity index (χ4n) is 2.92. The van der Waals surface area contributed by atoms with Crippen LogP contribution >= 0.6 is 0 Å². The molecule has 118 valence electrons. The lowest BCUT2D eigenvalue weighted by Crippen LogP contribution is -2.16. The third-order valence-electron chi connectivity index (χ3n) is 4.38. The fourth-order valence-corrected chi connectivity index (χ4v) is 2.92. The van der Waals surface area contributed by atoms with Crippen LogP contribution in [0.1, 0.15) is 69.4 Å². The number of hydrogen-bond acceptors (Lipinski definition) is 2. The first-order valence-electron chi connectivity index (χ1n) is 8.63. The van der Waals surface area contributed by atoms with Gasteiger partial charge in [-0.15, -0.1) is 0 Å². The van der Waals surface area contributed by atoms with Gasteiger partial charge in [0.05, 0.1) is 13.2 Å². The molecule has 1 aliphatic heterocycles. The standard InChI is InChI=1S/C19H30O2/c1-3-4-5-6-7-8-9-17-10-12-18(13-11-17)16(2)19-20-14-15-21-19/h10-13,16,19H,3-9,14-15H2,1-2H3. The van der Waals surface area contributed by atoms with Gasteiger partial charge in [0.25, 0.3) is 0 Å². The maximum absolute atomic E-state index is 5.59. The quantitative estimate of drug-likeness (QED) is 0.591. The minimum absolute atomic E-state index is 0.0607. The van der Waals surface area contributed by atoms with Crippen LogP contribution in [0.15, 0.2) is 24.3 Å². The monoisotopic (exact) mass is 290 g/mol. The highest BCUT2D eigenvalue weighted by atomic mass is 16.7. The molecule has 1 saturated heterocycles. The molecule has 2 nitrogen and oxygen atoms in total. The average Bonchev–Trinajstić information content (AvgIpc) is 3.05. The minimum Gasteiger partial charge on any atom is -0.350 e. The molecule has 2 heteroatoms. The second kappa shape index (κ2) is 9.22. The second-order valence-corrected chi connectivity index (χ2v) is 6.16. The van der Waals surface area contributed by atoms with Gasteiger partial charge >= 0.3 is 0 Å². The molecular weight excluding hydrogens is 260 g/mol. The first kappa shape index (κ1) is 16.5. The van der Waals surface area contributed by atoms with Crippen molar-refractivity contribution in [1.29, 1.82) is 0 Å². The molecule has 0 aliphatic carbocycles. The highest BCUT2D eigenvalue weighted by molar-refractivity contribution is 5.25. The van der Waals surface area contributed by atoms with E-state index in [2.05, 4.69) is 38.1 Å². The van der Waals surface area contributed by atoms with E-state index >= 15 is 0 Å². The Balaban J connectivity index is 1.71. The van der Waals surface area contributed by atoms with Crippen LogP contribution in [-0.2, 0) is 15.9 Å². The Kier molecular flexibility index (Phi) is 7.25. The second-order valence-electron chi connectivity index (χ2n) is 6.16. The molecule has 0 spiro atoms. The molecule has 0 bridgehead atoms. The molecule has 0 saturated carbocycles. The van der Waals surface area contributed by atoms with E-state index in [1.807, 2.05) is 0 Å². The maximum atomic E-state index is 5.59. The van der Waals surface area contributed by atoms with Gasteiger partial charge in [0.2, 0.25) is 0 Å². The van der Waals surface area contributed by atoms with Gasteiger partial charge in [0.15, 0.2) is 6.29 Å². The molecule has 1 aromatic rings. The van der Waals surface area contributed by atoms with E-state index in [9.17, 15) is 0 Å². The Morgan fingerprint density at radius 3 is 2.24 bits per heavy atom. The molecular formula is C19H30O2. The summed E-state index contributed by atoms with van der Waals surface area (Å²) in [5.41, 5.74) is 2.77. The van der Waals surface area contributed by atoms with Gasteiger partial charge in [-0.2, -0.15) is 0 Å². The van der Waals surface area contributed by atoms with Gasteiger partial charge in [0, 0.05) is 5.92 Å². The van der Waals surface area contributed by atoms with Crippen LogP contribution in [0.3, 0.4) is 0 Å². The minimum atomic E-state index is -0.0607. The Hall–Kier alpha value is -0.860. The largest absolute Gasteiger partial charge is 0.350 e. The SMILES string of the molecule is CCCCCCCCc1ccc(C(C)C2OCCO2)cc1. The summed E-state index contributed by atoms with van der Waals surface area (Å²) in [6.45, 7) is 5.90. The number of benzene rings is 1. The summed E-state index contributed by atoms with van der Waals surface area (Å²) >= 11 is 0. The smallest absolute Gasteiger partial charge is 0.164 e. The highest BCUT2D eigenvalue weighted by Gasteiger charge is 2.24. The van der Waals surface area contributed by atoms with Crippen LogP contribution in [0.4, 0.5) is 0 Å². The van der Waals surface area contributed by atoms with E-state index in [-0.39, 0.29) is 6.29 Å². The Labute approximate surface area is 129 Å². The predicted molar refractivity (Wildman–Crippen MR) is 87.6 cm³/mol. The Morgan fingerprint density at radius 1 is 0.952 bits per heavy atom. The van der Waals surface area contributed by atoms with E-state index < -0.39 is 0 Å². The third kappa shape index (κ3) is 5.44. The first-order chi connectivity index (χ1) is 10.3. The van der Waals surface area contributed by atoms with Gasteiger partial charge in [0.1, 0.15) is 0 Å². The van der Waals surface area contributed by atoms with Gasteiger partial charge in [-0.25, -0.2) is 0 Å². The Morgan fingerprint density at radius 2 is 1.57 bits per heavy atom. The van der Waals surface area contributed by atoms with Crippen molar-refractivity contribution in [1.82, 2.24) is 0 Å². The lowest BCUT2D eigenvalue weighted by Gasteiger charge is -2.18. The zero-order valence-corrected chi connectivity index (χ0v) is 13.6. The highest BCUT2D eigenvalue weighted by Crippen LogP contribution is 2.25. The summed E-state index contributed by atoms with van der Waals surface area (Å²) in [6, 6.07) is 9.02. The summed E-state index contributed by atoms with van der Waals surface area (Å²) in [5, 5.41) is 0. The van der Waals surface area contributed by atoms with E-state index in [0.717, 1.165) is 13.2 Å². The van der Waals surface area contributed by atoms with Crippen LogP contribution in [0, 0.1) is 0 Å². The molecule has 2 rings (SSSR count). The molecule has 1 aromatic carbocycles. The van der Waals surface area contributed by atoms with Crippen LogP contribution in [0.25, 0.3) is 0 Å². The summed E-state index contributed by atoms with van der Waals surface area (Å²) in [5.74, 6) is 0.315. The van der Waals surface area contributed by atoms with Gasteiger partial charge in [-0.05, 0) is 24.0 Å². The van der Waals surface area contributed by atoms with Crippen molar-refractivity contribution in [2.24, 2.45) is 0 Å². The summed E-state index contributed by atoms with van der Waals surface area (Å²) in [6.07, 6.45) is 9.32. The molecule has 1 atom stereocenters. The number of ether oxygens (including phenoxy) is 2. The van der Waals surface area contributed by atoms with Crippen molar-refractivity contribution in [3.8, 4) is 0 Å². The third-order valence-corrected chi connectivity index (χ3v) is 4.38. The maximum Gasteiger partial charge on any atom is 0.164 e. The number of rotatable bonds is 9. The van der Waals surface area contributed by atoms with Crippen molar-refractivity contribution < 1.29 is 9.47 Å². The lowest BCUT2D eigenvalue weighted by atomic mass is 9.97. The van der Waals surface area contributed by atoms with Crippen molar-refractivity contribution in [2.45, 2.75) is 71.0 Å². The number of unbranched alkanes of at least 4 members (excludes halogenated alkanes) is 5. The molecule has 1 aliphatic rings. The molecule has 1 unspecified atom stereocenters. The molecule has 0 aromatic heterocycles. The van der Waals surface area contributed by atoms with E-state index in [1.165, 1.54) is 56.1 Å². The van der Waals surface area contributed by atoms with Gasteiger partial charge in [-0.3, -0.25) is 0 Å². The van der Waals surface area contributed by atoms with Gasteiger partial charge < -0.3 is 9.47 Å². The van der Waals surface area contributed by atoms with E-state index in [1.54, 1.807) is 0 Å². The average molecular weight is 290 g/mol. The Bertz CT molecular complexity index is 379. The van der Waals surface area contributed by atoms with Crippen molar-refractivity contribution in [2.75, 3.05) is 13.2 Å². The first-order valence-corrected chi connectivity index (χ1v) is 8.63. The van der Waals surface area contributed by atoms with Crippen LogP contribution in [0.5, 0.6) is 0 Å². The van der Waals surface area contributed by atoms with Crippen LogP contribution in [0.2, 0.25) is 0 Å². The zero-order valence-electron chi connectivity index (χ0n) is 13.6. The zero-order chi connectivity index (χ0) is 14.9.